The molecular weight excluding hydrogens is 278 g/mol. The first-order valence-corrected chi connectivity index (χ1v) is 7.89. The monoisotopic (exact) mass is 295 g/mol. The number of pyridine rings is 1. The molecule has 1 aliphatic heterocycles. The zero-order valence-electron chi connectivity index (χ0n) is 11.0. The van der Waals surface area contributed by atoms with Crippen LogP contribution in [0.3, 0.4) is 0 Å². The number of nitriles is 1. The molecule has 1 saturated heterocycles. The summed E-state index contributed by atoms with van der Waals surface area (Å²) in [4.78, 5) is 6.05. The molecule has 20 heavy (non-hydrogen) atoms. The Balaban J connectivity index is 1.88. The Morgan fingerprint density at radius 2 is 2.15 bits per heavy atom. The number of hydrogen-bond acceptors (Lipinski definition) is 6. The van der Waals surface area contributed by atoms with Gasteiger partial charge in [0.2, 0.25) is 10.0 Å². The van der Waals surface area contributed by atoms with Gasteiger partial charge in [-0.2, -0.15) is 5.26 Å². The summed E-state index contributed by atoms with van der Waals surface area (Å²) >= 11 is 0. The van der Waals surface area contributed by atoms with E-state index in [2.05, 4.69) is 19.9 Å². The molecule has 0 spiro atoms. The number of nitrogens with zero attached hydrogens (tertiary/aromatic N) is 3. The van der Waals surface area contributed by atoms with Crippen molar-refractivity contribution in [2.45, 2.75) is 4.90 Å². The highest BCUT2D eigenvalue weighted by atomic mass is 32.2. The van der Waals surface area contributed by atoms with E-state index in [0.29, 0.717) is 13.1 Å². The van der Waals surface area contributed by atoms with Gasteiger partial charge in [0.15, 0.2) is 0 Å². The van der Waals surface area contributed by atoms with Crippen LogP contribution in [-0.4, -0.2) is 57.6 Å². The molecule has 2 N–H and O–H groups in total. The Labute approximate surface area is 118 Å². The minimum atomic E-state index is -3.55. The third-order valence-corrected chi connectivity index (χ3v) is 4.54. The largest absolute Gasteiger partial charge is 0.314 e. The number of nitrogens with one attached hydrogen (secondary N) is 2. The van der Waals surface area contributed by atoms with Crippen molar-refractivity contribution in [1.29, 1.82) is 5.26 Å². The fraction of sp³-hybridized carbons (Fsp3) is 0.500. The summed E-state index contributed by atoms with van der Waals surface area (Å²) in [5.74, 6) is 0. The Bertz CT molecular complexity index is 573. The van der Waals surface area contributed by atoms with Crippen molar-refractivity contribution >= 4 is 10.0 Å². The average molecular weight is 295 g/mol. The van der Waals surface area contributed by atoms with E-state index in [1.54, 1.807) is 0 Å². The fourth-order valence-electron chi connectivity index (χ4n) is 1.96. The van der Waals surface area contributed by atoms with Gasteiger partial charge in [-0.15, -0.1) is 0 Å². The van der Waals surface area contributed by atoms with Crippen molar-refractivity contribution in [2.75, 3.05) is 39.3 Å². The number of sulfonamides is 1. The van der Waals surface area contributed by atoms with Crippen molar-refractivity contribution in [3.63, 3.8) is 0 Å². The SMILES string of the molecule is N#Cc1ccc(S(=O)(=O)NCCN2CCNCC2)cn1. The Hall–Kier alpha value is -1.53. The van der Waals surface area contributed by atoms with Gasteiger partial charge in [-0.3, -0.25) is 4.90 Å². The van der Waals surface area contributed by atoms with Gasteiger partial charge < -0.3 is 5.32 Å². The van der Waals surface area contributed by atoms with E-state index in [9.17, 15) is 8.42 Å². The maximum atomic E-state index is 12.0. The molecule has 2 heterocycles. The molecule has 1 aromatic heterocycles. The van der Waals surface area contributed by atoms with E-state index in [-0.39, 0.29) is 10.6 Å². The van der Waals surface area contributed by atoms with Gasteiger partial charge in [-0.05, 0) is 12.1 Å². The lowest BCUT2D eigenvalue weighted by Crippen LogP contribution is -2.46. The van der Waals surface area contributed by atoms with Gasteiger partial charge in [0.05, 0.1) is 0 Å². The van der Waals surface area contributed by atoms with Crippen LogP contribution in [0.5, 0.6) is 0 Å². The Kier molecular flexibility index (Phi) is 5.03. The van der Waals surface area contributed by atoms with E-state index in [1.807, 2.05) is 6.07 Å². The zero-order valence-corrected chi connectivity index (χ0v) is 11.9. The molecule has 0 radical (unpaired) electrons. The lowest BCUT2D eigenvalue weighted by Gasteiger charge is -2.27. The van der Waals surface area contributed by atoms with E-state index in [4.69, 9.17) is 5.26 Å². The van der Waals surface area contributed by atoms with E-state index >= 15 is 0 Å². The molecule has 7 nitrogen and oxygen atoms in total. The molecule has 1 aromatic rings. The summed E-state index contributed by atoms with van der Waals surface area (Å²) in [5.41, 5.74) is 0.199. The second-order valence-corrected chi connectivity index (χ2v) is 6.25. The molecular formula is C12H17N5O2S. The van der Waals surface area contributed by atoms with Gasteiger partial charge in [-0.1, -0.05) is 0 Å². The van der Waals surface area contributed by atoms with Gasteiger partial charge in [0.1, 0.15) is 16.7 Å². The number of piperazine rings is 1. The van der Waals surface area contributed by atoms with E-state index in [1.165, 1.54) is 18.3 Å². The number of hydrogen-bond donors (Lipinski definition) is 2. The Morgan fingerprint density at radius 3 is 2.75 bits per heavy atom. The normalized spacial score (nSPS) is 16.8. The highest BCUT2D eigenvalue weighted by Gasteiger charge is 2.15. The maximum Gasteiger partial charge on any atom is 0.242 e. The molecule has 0 saturated carbocycles. The minimum absolute atomic E-state index is 0.0804. The second kappa shape index (κ2) is 6.76. The van der Waals surface area contributed by atoms with Gasteiger partial charge in [0, 0.05) is 45.5 Å². The second-order valence-electron chi connectivity index (χ2n) is 4.48. The summed E-state index contributed by atoms with van der Waals surface area (Å²) in [6.45, 7) is 4.78. The molecule has 0 unspecified atom stereocenters. The van der Waals surface area contributed by atoms with Crippen molar-refractivity contribution in [2.24, 2.45) is 0 Å². The highest BCUT2D eigenvalue weighted by molar-refractivity contribution is 7.89. The zero-order chi connectivity index (χ0) is 14.4. The van der Waals surface area contributed by atoms with Crippen LogP contribution < -0.4 is 10.0 Å². The van der Waals surface area contributed by atoms with Gasteiger partial charge in [0.25, 0.3) is 0 Å². The molecule has 0 bridgehead atoms. The average Bonchev–Trinajstić information content (AvgIpc) is 2.48. The first kappa shape index (κ1) is 14.9. The van der Waals surface area contributed by atoms with E-state index in [0.717, 1.165) is 26.2 Å². The smallest absolute Gasteiger partial charge is 0.242 e. The van der Waals surface area contributed by atoms with Crippen molar-refractivity contribution in [1.82, 2.24) is 19.9 Å². The molecule has 0 amide bonds. The van der Waals surface area contributed by atoms with Crippen LogP contribution in [0.4, 0.5) is 0 Å². The summed E-state index contributed by atoms with van der Waals surface area (Å²) in [7, 11) is -3.55. The van der Waals surface area contributed by atoms with Crippen molar-refractivity contribution in [3.8, 4) is 6.07 Å². The number of aromatic nitrogens is 1. The summed E-state index contributed by atoms with van der Waals surface area (Å²) in [6.07, 6.45) is 1.20. The van der Waals surface area contributed by atoms with E-state index < -0.39 is 10.0 Å². The summed E-state index contributed by atoms with van der Waals surface area (Å²) < 4.78 is 26.6. The molecule has 1 fully saturated rings. The first-order chi connectivity index (χ1) is 9.62. The summed E-state index contributed by atoms with van der Waals surface area (Å²) in [6, 6.07) is 4.63. The van der Waals surface area contributed by atoms with Crippen LogP contribution in [0.25, 0.3) is 0 Å². The predicted molar refractivity (Wildman–Crippen MR) is 73.5 cm³/mol. The molecule has 0 aliphatic carbocycles. The van der Waals surface area contributed by atoms with Crippen LogP contribution >= 0.6 is 0 Å². The summed E-state index contributed by atoms with van der Waals surface area (Å²) in [5, 5.41) is 11.9. The van der Waals surface area contributed by atoms with Crippen LogP contribution in [0.15, 0.2) is 23.2 Å². The topological polar surface area (TPSA) is 98.1 Å². The molecule has 1 aliphatic rings. The Morgan fingerprint density at radius 1 is 1.40 bits per heavy atom. The first-order valence-electron chi connectivity index (χ1n) is 6.41. The van der Waals surface area contributed by atoms with Crippen LogP contribution in [0.2, 0.25) is 0 Å². The molecule has 0 aromatic carbocycles. The van der Waals surface area contributed by atoms with Crippen LogP contribution in [-0.2, 0) is 10.0 Å². The maximum absolute atomic E-state index is 12.0. The number of rotatable bonds is 5. The molecule has 0 atom stereocenters. The third-order valence-electron chi connectivity index (χ3n) is 3.09. The fourth-order valence-corrected chi connectivity index (χ4v) is 2.93. The minimum Gasteiger partial charge on any atom is -0.314 e. The quantitative estimate of drug-likeness (QED) is 0.733. The van der Waals surface area contributed by atoms with Gasteiger partial charge in [-0.25, -0.2) is 18.1 Å². The highest BCUT2D eigenvalue weighted by Crippen LogP contribution is 2.07. The van der Waals surface area contributed by atoms with Crippen molar-refractivity contribution < 1.29 is 8.42 Å². The van der Waals surface area contributed by atoms with Gasteiger partial charge >= 0.3 is 0 Å². The molecule has 108 valence electrons. The molecule has 2 rings (SSSR count). The lowest BCUT2D eigenvalue weighted by molar-refractivity contribution is 0.245. The standard InChI is InChI=1S/C12H17N5O2S/c13-9-11-1-2-12(10-15-11)20(18,19)16-5-8-17-6-3-14-4-7-17/h1-2,10,14,16H,3-8H2. The van der Waals surface area contributed by atoms with Crippen LogP contribution in [0.1, 0.15) is 5.69 Å². The third kappa shape index (κ3) is 3.98. The van der Waals surface area contributed by atoms with Crippen LogP contribution in [0, 0.1) is 11.3 Å². The molecule has 8 heteroatoms. The predicted octanol–water partition coefficient (Wildman–Crippen LogP) is -0.863. The lowest BCUT2D eigenvalue weighted by atomic mass is 10.3. The van der Waals surface area contributed by atoms with Crippen molar-refractivity contribution in [3.05, 3.63) is 24.0 Å².